The number of phenolic OH excluding ortho intramolecular Hbond substituents is 1. The van der Waals surface area contributed by atoms with Crippen LogP contribution in [0.3, 0.4) is 0 Å². The molecule has 2 aromatic rings. The van der Waals surface area contributed by atoms with Crippen molar-refractivity contribution in [2.24, 2.45) is 0 Å². The highest BCUT2D eigenvalue weighted by Gasteiger charge is 2.46. The third-order valence-electron chi connectivity index (χ3n) is 5.81. The molecule has 1 saturated heterocycles. The number of nitro groups is 1. The normalized spacial score (nSPS) is 17.7. The summed E-state index contributed by atoms with van der Waals surface area (Å²) in [6.45, 7) is 4.46. The summed E-state index contributed by atoms with van der Waals surface area (Å²) in [5.74, 6) is -2.44. The number of aromatic hydroxyl groups is 1. The van der Waals surface area contributed by atoms with Gasteiger partial charge in [0.1, 0.15) is 11.5 Å². The number of benzene rings is 2. The van der Waals surface area contributed by atoms with Gasteiger partial charge in [-0.05, 0) is 69.7 Å². The summed E-state index contributed by atoms with van der Waals surface area (Å²) in [5, 5.41) is 32.9. The van der Waals surface area contributed by atoms with Crippen molar-refractivity contribution in [1.29, 1.82) is 0 Å². The van der Waals surface area contributed by atoms with Crippen molar-refractivity contribution < 1.29 is 24.7 Å². The largest absolute Gasteiger partial charge is 0.507 e. The van der Waals surface area contributed by atoms with Crippen LogP contribution >= 0.6 is 0 Å². The van der Waals surface area contributed by atoms with Gasteiger partial charge in [-0.3, -0.25) is 19.7 Å². The van der Waals surface area contributed by atoms with Gasteiger partial charge in [0.25, 0.3) is 17.4 Å². The molecule has 0 unspecified atom stereocenters. The van der Waals surface area contributed by atoms with E-state index >= 15 is 0 Å². The maximum atomic E-state index is 13.1. The lowest BCUT2D eigenvalue weighted by Crippen LogP contribution is -2.32. The van der Waals surface area contributed by atoms with Gasteiger partial charge in [-0.25, -0.2) is 0 Å². The second-order valence-electron chi connectivity index (χ2n) is 8.46. The van der Waals surface area contributed by atoms with Crippen molar-refractivity contribution in [2.75, 3.05) is 27.2 Å². The predicted octanol–water partition coefficient (Wildman–Crippen LogP) is 3.29. The third-order valence-corrected chi connectivity index (χ3v) is 5.81. The summed E-state index contributed by atoms with van der Waals surface area (Å²) in [4.78, 5) is 40.1. The first-order valence-corrected chi connectivity index (χ1v) is 10.5. The average Bonchev–Trinajstić information content (AvgIpc) is 3.00. The van der Waals surface area contributed by atoms with Crippen LogP contribution in [-0.4, -0.2) is 63.8 Å². The highest BCUT2D eigenvalue weighted by Crippen LogP contribution is 2.41. The summed E-state index contributed by atoms with van der Waals surface area (Å²) in [6.07, 6.45) is 0.556. The molecule has 0 bridgehead atoms. The minimum atomic E-state index is -1.02. The van der Waals surface area contributed by atoms with E-state index in [0.717, 1.165) is 11.1 Å². The van der Waals surface area contributed by atoms with Crippen molar-refractivity contribution in [3.8, 4) is 5.75 Å². The van der Waals surface area contributed by atoms with Gasteiger partial charge in [0.05, 0.1) is 22.1 Å². The Bertz CT molecular complexity index is 1150. The first kappa shape index (κ1) is 23.9. The van der Waals surface area contributed by atoms with Crippen molar-refractivity contribution in [3.63, 3.8) is 0 Å². The second kappa shape index (κ2) is 9.41. The summed E-state index contributed by atoms with van der Waals surface area (Å²) < 4.78 is 0. The zero-order valence-electron chi connectivity index (χ0n) is 19.0. The quantitative estimate of drug-likeness (QED) is 0.217. The number of Topliss-reactive ketones (excluding diaryl/α,β-unsaturated/α-hetero) is 1. The molecule has 0 aromatic heterocycles. The molecule has 1 aliphatic heterocycles. The number of rotatable bonds is 7. The van der Waals surface area contributed by atoms with Crippen molar-refractivity contribution >= 4 is 23.1 Å². The fraction of sp³-hybridized carbons (Fsp3) is 0.333. The molecule has 3 rings (SSSR count). The van der Waals surface area contributed by atoms with E-state index in [-0.39, 0.29) is 29.1 Å². The molecule has 174 valence electrons. The SMILES string of the molecule is Cc1cc(O)c(C(O)=C2C(=O)C(=O)N(CCCN(C)C)[C@H]2c2cccc([N+](=O)[O-])c2)cc1C. The van der Waals surface area contributed by atoms with E-state index in [2.05, 4.69) is 0 Å². The van der Waals surface area contributed by atoms with Gasteiger partial charge < -0.3 is 20.0 Å². The van der Waals surface area contributed by atoms with Crippen LogP contribution in [0.2, 0.25) is 0 Å². The maximum Gasteiger partial charge on any atom is 0.295 e. The fourth-order valence-electron chi connectivity index (χ4n) is 3.96. The molecular formula is C24H27N3O6. The first-order chi connectivity index (χ1) is 15.5. The number of nitrogens with zero attached hydrogens (tertiary/aromatic N) is 3. The number of aliphatic hydroxyl groups is 1. The molecular weight excluding hydrogens is 426 g/mol. The number of hydrogen-bond acceptors (Lipinski definition) is 7. The molecule has 33 heavy (non-hydrogen) atoms. The van der Waals surface area contributed by atoms with Crippen LogP contribution in [0.5, 0.6) is 5.75 Å². The number of aliphatic hydroxyl groups excluding tert-OH is 1. The van der Waals surface area contributed by atoms with E-state index in [1.54, 1.807) is 26.0 Å². The Hall–Kier alpha value is -3.72. The van der Waals surface area contributed by atoms with Gasteiger partial charge in [-0.1, -0.05) is 12.1 Å². The molecule has 9 heteroatoms. The number of carbonyl (C=O) groups is 2. The average molecular weight is 453 g/mol. The zero-order chi connectivity index (χ0) is 24.4. The topological polar surface area (TPSA) is 124 Å². The standard InChI is InChI=1S/C24H27N3O6/c1-14-11-18(19(28)12-15(14)2)22(29)20-21(16-7-5-8-17(13-16)27(32)33)26(24(31)23(20)30)10-6-9-25(3)4/h5,7-8,11-13,21,28-29H,6,9-10H2,1-4H3/t21-/m0/s1. The molecule has 0 aliphatic carbocycles. The number of phenols is 1. The molecule has 1 aliphatic rings. The van der Waals surface area contributed by atoms with E-state index in [1.807, 2.05) is 19.0 Å². The molecule has 2 N–H and O–H groups in total. The second-order valence-corrected chi connectivity index (χ2v) is 8.46. The van der Waals surface area contributed by atoms with Gasteiger partial charge in [-0.2, -0.15) is 0 Å². The number of non-ortho nitro benzene ring substituents is 1. The van der Waals surface area contributed by atoms with Crippen LogP contribution in [0.15, 0.2) is 42.0 Å². The smallest absolute Gasteiger partial charge is 0.295 e. The monoisotopic (exact) mass is 453 g/mol. The minimum absolute atomic E-state index is 0.0276. The molecule has 1 atom stereocenters. The van der Waals surface area contributed by atoms with Crippen molar-refractivity contribution in [2.45, 2.75) is 26.3 Å². The van der Waals surface area contributed by atoms with Crippen molar-refractivity contribution in [1.82, 2.24) is 9.80 Å². The molecule has 1 fully saturated rings. The Morgan fingerprint density at radius 2 is 1.82 bits per heavy atom. The Morgan fingerprint density at radius 3 is 2.45 bits per heavy atom. The lowest BCUT2D eigenvalue weighted by Gasteiger charge is -2.26. The number of aryl methyl sites for hydroxylation is 2. The lowest BCUT2D eigenvalue weighted by atomic mass is 9.93. The zero-order valence-corrected chi connectivity index (χ0v) is 19.0. The van der Waals surface area contributed by atoms with E-state index < -0.39 is 28.4 Å². The molecule has 9 nitrogen and oxygen atoms in total. The van der Waals surface area contributed by atoms with Gasteiger partial charge >= 0.3 is 0 Å². The Morgan fingerprint density at radius 1 is 1.15 bits per heavy atom. The fourth-order valence-corrected chi connectivity index (χ4v) is 3.96. The van der Waals surface area contributed by atoms with E-state index in [9.17, 15) is 29.9 Å². The minimum Gasteiger partial charge on any atom is -0.507 e. The molecule has 0 saturated carbocycles. The van der Waals surface area contributed by atoms with E-state index in [4.69, 9.17) is 0 Å². The molecule has 0 radical (unpaired) electrons. The van der Waals surface area contributed by atoms with Crippen LogP contribution in [0.25, 0.3) is 5.76 Å². The maximum absolute atomic E-state index is 13.1. The van der Waals surface area contributed by atoms with E-state index in [1.165, 1.54) is 29.2 Å². The Balaban J connectivity index is 2.20. The number of amides is 1. The van der Waals surface area contributed by atoms with Crippen LogP contribution in [-0.2, 0) is 9.59 Å². The molecule has 0 spiro atoms. The molecule has 1 amide bonds. The molecule has 1 heterocycles. The summed E-state index contributed by atoms with van der Waals surface area (Å²) in [5.41, 5.74) is 1.53. The number of carbonyl (C=O) groups excluding carboxylic acids is 2. The highest BCUT2D eigenvalue weighted by atomic mass is 16.6. The Kier molecular flexibility index (Phi) is 6.83. The Labute approximate surface area is 191 Å². The van der Waals surface area contributed by atoms with Gasteiger partial charge in [0.2, 0.25) is 0 Å². The lowest BCUT2D eigenvalue weighted by molar-refractivity contribution is -0.384. The van der Waals surface area contributed by atoms with Crippen LogP contribution in [0.1, 0.15) is 34.7 Å². The number of likely N-dealkylation sites (tertiary alicyclic amines) is 1. The van der Waals surface area contributed by atoms with Crippen LogP contribution in [0, 0.1) is 24.0 Å². The summed E-state index contributed by atoms with van der Waals surface area (Å²) in [6, 6.07) is 7.66. The summed E-state index contributed by atoms with van der Waals surface area (Å²) >= 11 is 0. The van der Waals surface area contributed by atoms with Gasteiger partial charge in [0.15, 0.2) is 0 Å². The third kappa shape index (κ3) is 4.73. The van der Waals surface area contributed by atoms with Gasteiger partial charge in [0, 0.05) is 18.7 Å². The van der Waals surface area contributed by atoms with Crippen LogP contribution < -0.4 is 0 Å². The number of ketones is 1. The van der Waals surface area contributed by atoms with Crippen molar-refractivity contribution in [3.05, 3.63) is 74.3 Å². The molecule has 2 aromatic carbocycles. The van der Waals surface area contributed by atoms with Crippen LogP contribution in [0.4, 0.5) is 5.69 Å². The van der Waals surface area contributed by atoms with E-state index in [0.29, 0.717) is 18.5 Å². The summed E-state index contributed by atoms with van der Waals surface area (Å²) in [7, 11) is 3.77. The number of nitro benzene ring substituents is 1. The number of hydrogen-bond donors (Lipinski definition) is 2. The highest BCUT2D eigenvalue weighted by molar-refractivity contribution is 6.46. The van der Waals surface area contributed by atoms with Gasteiger partial charge in [-0.15, -0.1) is 0 Å². The first-order valence-electron chi connectivity index (χ1n) is 10.5. The predicted molar refractivity (Wildman–Crippen MR) is 123 cm³/mol.